The fourth-order valence-electron chi connectivity index (χ4n) is 4.36. The Balaban J connectivity index is 1.85. The predicted molar refractivity (Wildman–Crippen MR) is 141 cm³/mol. The standard InChI is InChI=1S/C27H34ClN3O6/c1-36-18-26(33)31-15-5-13-29(16-21-8-10-23(28)11-9-21)12-4-14-30(25(32)19-37-20-27(34)35)17-22-6-2-3-7-24(22)31/h2-3,6-11H,4-5,12-20H2,1H3,(H,34,35). The van der Waals surface area contributed by atoms with Gasteiger partial charge in [-0.15, -0.1) is 0 Å². The molecule has 0 aliphatic carbocycles. The molecule has 0 aromatic heterocycles. The van der Waals surface area contributed by atoms with Crippen LogP contribution in [0.1, 0.15) is 24.0 Å². The molecule has 37 heavy (non-hydrogen) atoms. The van der Waals surface area contributed by atoms with Crippen molar-refractivity contribution in [1.29, 1.82) is 0 Å². The van der Waals surface area contributed by atoms with Gasteiger partial charge in [-0.2, -0.15) is 0 Å². The number of rotatable bonds is 8. The molecule has 1 aliphatic heterocycles. The van der Waals surface area contributed by atoms with Gasteiger partial charge in [0.1, 0.15) is 19.8 Å². The first-order valence-electron chi connectivity index (χ1n) is 12.3. The first kappa shape index (κ1) is 28.6. The average molecular weight is 532 g/mol. The summed E-state index contributed by atoms with van der Waals surface area (Å²) in [6.45, 7) is 2.56. The number of carbonyl (C=O) groups excluding carboxylic acids is 2. The van der Waals surface area contributed by atoms with Crippen molar-refractivity contribution in [2.75, 3.05) is 58.0 Å². The third-order valence-electron chi connectivity index (χ3n) is 6.09. The molecule has 0 fully saturated rings. The number of carboxylic acids is 1. The molecular formula is C27H34ClN3O6. The predicted octanol–water partition coefficient (Wildman–Crippen LogP) is 3.05. The SMILES string of the molecule is COCC(=O)N1CCCN(Cc2ccc(Cl)cc2)CCCN(C(=O)COCC(=O)O)Cc2ccccc21. The lowest BCUT2D eigenvalue weighted by atomic mass is 10.1. The Labute approximate surface area is 222 Å². The van der Waals surface area contributed by atoms with Crippen LogP contribution in [0.4, 0.5) is 5.69 Å². The van der Waals surface area contributed by atoms with Crippen molar-refractivity contribution in [3.05, 3.63) is 64.7 Å². The second-order valence-electron chi connectivity index (χ2n) is 8.92. The summed E-state index contributed by atoms with van der Waals surface area (Å²) in [6, 6.07) is 15.3. The van der Waals surface area contributed by atoms with Gasteiger partial charge in [-0.25, -0.2) is 4.79 Å². The van der Waals surface area contributed by atoms with Crippen molar-refractivity contribution < 1.29 is 29.0 Å². The molecule has 0 saturated carbocycles. The minimum absolute atomic E-state index is 0.0471. The molecule has 2 amide bonds. The number of fused-ring (bicyclic) bond motifs is 1. The van der Waals surface area contributed by atoms with Gasteiger partial charge in [-0.3, -0.25) is 14.5 Å². The van der Waals surface area contributed by atoms with E-state index in [0.717, 1.165) is 49.3 Å². The number of carbonyl (C=O) groups is 3. The van der Waals surface area contributed by atoms with Crippen molar-refractivity contribution in [2.24, 2.45) is 0 Å². The van der Waals surface area contributed by atoms with Crippen LogP contribution in [0.5, 0.6) is 0 Å². The highest BCUT2D eigenvalue weighted by atomic mass is 35.5. The van der Waals surface area contributed by atoms with Crippen LogP contribution in [0.15, 0.2) is 48.5 Å². The van der Waals surface area contributed by atoms with Gasteiger partial charge in [0, 0.05) is 57.1 Å². The van der Waals surface area contributed by atoms with Gasteiger partial charge >= 0.3 is 5.97 Å². The summed E-state index contributed by atoms with van der Waals surface area (Å²) in [4.78, 5) is 42.6. The summed E-state index contributed by atoms with van der Waals surface area (Å²) in [5.74, 6) is -1.58. The van der Waals surface area contributed by atoms with E-state index >= 15 is 0 Å². The van der Waals surface area contributed by atoms with E-state index in [2.05, 4.69) is 4.90 Å². The highest BCUT2D eigenvalue weighted by molar-refractivity contribution is 6.30. The van der Waals surface area contributed by atoms with Crippen LogP contribution >= 0.6 is 11.6 Å². The average Bonchev–Trinajstić information content (AvgIpc) is 2.86. The van der Waals surface area contributed by atoms with Crippen LogP contribution in [0.25, 0.3) is 0 Å². The van der Waals surface area contributed by atoms with E-state index in [9.17, 15) is 14.4 Å². The zero-order valence-electron chi connectivity index (χ0n) is 21.1. The molecule has 0 saturated heterocycles. The van der Waals surface area contributed by atoms with Gasteiger partial charge in [0.05, 0.1) is 0 Å². The van der Waals surface area contributed by atoms with Crippen molar-refractivity contribution in [3.8, 4) is 0 Å². The number of ether oxygens (including phenoxy) is 2. The summed E-state index contributed by atoms with van der Waals surface area (Å²) in [5, 5.41) is 9.54. The molecule has 0 radical (unpaired) electrons. The van der Waals surface area contributed by atoms with Crippen LogP contribution in [0, 0.1) is 0 Å². The van der Waals surface area contributed by atoms with Crippen molar-refractivity contribution in [2.45, 2.75) is 25.9 Å². The quantitative estimate of drug-likeness (QED) is 0.559. The van der Waals surface area contributed by atoms with Crippen molar-refractivity contribution >= 4 is 35.1 Å². The van der Waals surface area contributed by atoms with Crippen LogP contribution in [0.3, 0.4) is 0 Å². The number of halogens is 1. The zero-order chi connectivity index (χ0) is 26.6. The summed E-state index contributed by atoms with van der Waals surface area (Å²) >= 11 is 6.05. The molecule has 0 bridgehead atoms. The Morgan fingerprint density at radius 2 is 1.59 bits per heavy atom. The first-order chi connectivity index (χ1) is 17.9. The molecule has 10 heteroatoms. The van der Waals surface area contributed by atoms with Crippen molar-refractivity contribution in [3.63, 3.8) is 0 Å². The molecule has 1 heterocycles. The third kappa shape index (κ3) is 9.12. The molecule has 2 aromatic carbocycles. The monoisotopic (exact) mass is 531 g/mol. The van der Waals surface area contributed by atoms with Crippen LogP contribution < -0.4 is 4.90 Å². The molecule has 9 nitrogen and oxygen atoms in total. The highest BCUT2D eigenvalue weighted by Gasteiger charge is 2.23. The molecular weight excluding hydrogens is 498 g/mol. The molecule has 1 aliphatic rings. The molecule has 2 aromatic rings. The van der Waals surface area contributed by atoms with E-state index < -0.39 is 12.6 Å². The smallest absolute Gasteiger partial charge is 0.329 e. The van der Waals surface area contributed by atoms with E-state index in [-0.39, 0.29) is 31.6 Å². The fraction of sp³-hybridized carbons (Fsp3) is 0.444. The Hall–Kier alpha value is -2.98. The largest absolute Gasteiger partial charge is 0.480 e. The Bertz CT molecular complexity index is 1050. The molecule has 1 N–H and O–H groups in total. The number of benzene rings is 2. The van der Waals surface area contributed by atoms with Crippen LogP contribution in [-0.4, -0.2) is 85.8 Å². The number of anilines is 1. The Kier molecular flexibility index (Phi) is 11.3. The maximum atomic E-state index is 13.0. The van der Waals surface area contributed by atoms with Gasteiger partial charge in [-0.1, -0.05) is 41.9 Å². The maximum Gasteiger partial charge on any atom is 0.329 e. The van der Waals surface area contributed by atoms with Gasteiger partial charge in [-0.05, 0) is 42.2 Å². The number of amides is 2. The van der Waals surface area contributed by atoms with E-state index in [1.165, 1.54) is 7.11 Å². The number of nitrogens with zero attached hydrogens (tertiary/aromatic N) is 3. The van der Waals surface area contributed by atoms with Crippen LogP contribution in [0.2, 0.25) is 5.02 Å². The first-order valence-corrected chi connectivity index (χ1v) is 12.7. The zero-order valence-corrected chi connectivity index (χ0v) is 21.9. The molecule has 0 atom stereocenters. The second kappa shape index (κ2) is 14.7. The number of aliphatic carboxylic acids is 1. The highest BCUT2D eigenvalue weighted by Crippen LogP contribution is 2.24. The lowest BCUT2D eigenvalue weighted by Crippen LogP contribution is -2.40. The number of methoxy groups -OCH3 is 1. The normalized spacial score (nSPS) is 15.4. The Morgan fingerprint density at radius 3 is 2.30 bits per heavy atom. The van der Waals surface area contributed by atoms with E-state index in [0.29, 0.717) is 18.1 Å². The van der Waals surface area contributed by atoms with E-state index in [4.69, 9.17) is 26.2 Å². The number of para-hydroxylation sites is 1. The number of carboxylic acid groups (broad SMARTS) is 1. The van der Waals surface area contributed by atoms with E-state index in [1.807, 2.05) is 48.5 Å². The lowest BCUT2D eigenvalue weighted by molar-refractivity contribution is -0.146. The minimum Gasteiger partial charge on any atom is -0.480 e. The maximum absolute atomic E-state index is 13.0. The Morgan fingerprint density at radius 1 is 0.892 bits per heavy atom. The van der Waals surface area contributed by atoms with Gasteiger partial charge in [0.25, 0.3) is 5.91 Å². The molecule has 0 unspecified atom stereocenters. The molecule has 3 rings (SSSR count). The third-order valence-corrected chi connectivity index (χ3v) is 6.35. The fourth-order valence-corrected chi connectivity index (χ4v) is 4.48. The lowest BCUT2D eigenvalue weighted by Gasteiger charge is -2.31. The van der Waals surface area contributed by atoms with E-state index in [1.54, 1.807) is 9.80 Å². The molecule has 0 spiro atoms. The summed E-state index contributed by atoms with van der Waals surface area (Å²) in [7, 11) is 1.49. The topological polar surface area (TPSA) is 99.6 Å². The van der Waals surface area contributed by atoms with Gasteiger partial charge in [0.2, 0.25) is 5.91 Å². The molecule has 200 valence electrons. The second-order valence-corrected chi connectivity index (χ2v) is 9.36. The summed E-state index contributed by atoms with van der Waals surface area (Å²) in [5.41, 5.74) is 2.69. The number of hydrogen-bond acceptors (Lipinski definition) is 6. The van der Waals surface area contributed by atoms with Crippen LogP contribution in [-0.2, 0) is 36.9 Å². The number of hydrogen-bond donors (Lipinski definition) is 1. The van der Waals surface area contributed by atoms with Gasteiger partial charge in [0.15, 0.2) is 0 Å². The minimum atomic E-state index is -1.13. The summed E-state index contributed by atoms with van der Waals surface area (Å²) < 4.78 is 10.2. The van der Waals surface area contributed by atoms with Gasteiger partial charge < -0.3 is 24.4 Å². The summed E-state index contributed by atoms with van der Waals surface area (Å²) in [6.07, 6.45) is 1.50. The van der Waals surface area contributed by atoms with Crippen molar-refractivity contribution in [1.82, 2.24) is 9.80 Å².